The second kappa shape index (κ2) is 7.06. The Morgan fingerprint density at radius 1 is 0.929 bits per heavy atom. The number of benzene rings is 2. The maximum Gasteiger partial charge on any atom is 0.210 e. The zero-order valence-electron chi connectivity index (χ0n) is 14.5. The van der Waals surface area contributed by atoms with E-state index >= 15 is 0 Å². The summed E-state index contributed by atoms with van der Waals surface area (Å²) < 4.78 is 72.9. The Morgan fingerprint density at radius 3 is 2.29 bits per heavy atom. The van der Waals surface area contributed by atoms with E-state index in [9.17, 15) is 21.6 Å². The molecule has 2 heterocycles. The number of hydrogen-bond acceptors (Lipinski definition) is 5. The number of morpholine rings is 1. The molecule has 3 aromatic rings. The number of aromatic nitrogens is 1. The first-order valence-corrected chi connectivity index (χ1v) is 9.97. The maximum atomic E-state index is 13.9. The highest BCUT2D eigenvalue weighted by Crippen LogP contribution is 2.36. The SMILES string of the molecule is O=S(=O)(c1cc(F)cc(F)c1)c1cnc2ccc(F)cc2c1N1CCOCC1. The fourth-order valence-corrected chi connectivity index (χ4v) is 4.73. The van der Waals surface area contributed by atoms with Crippen molar-refractivity contribution in [3.8, 4) is 0 Å². The smallest absolute Gasteiger partial charge is 0.210 e. The molecule has 0 radical (unpaired) electrons. The summed E-state index contributed by atoms with van der Waals surface area (Å²) in [5.41, 5.74) is 0.657. The van der Waals surface area contributed by atoms with Gasteiger partial charge >= 0.3 is 0 Å². The van der Waals surface area contributed by atoms with Crippen LogP contribution in [0.25, 0.3) is 10.9 Å². The molecule has 1 aliphatic heterocycles. The van der Waals surface area contributed by atoms with Crippen molar-refractivity contribution in [2.75, 3.05) is 31.2 Å². The van der Waals surface area contributed by atoms with Crippen molar-refractivity contribution in [1.82, 2.24) is 4.98 Å². The van der Waals surface area contributed by atoms with Gasteiger partial charge in [-0.15, -0.1) is 0 Å². The lowest BCUT2D eigenvalue weighted by Crippen LogP contribution is -2.37. The van der Waals surface area contributed by atoms with Crippen LogP contribution in [-0.2, 0) is 14.6 Å². The monoisotopic (exact) mass is 408 g/mol. The minimum atomic E-state index is -4.32. The highest BCUT2D eigenvalue weighted by Gasteiger charge is 2.28. The van der Waals surface area contributed by atoms with Crippen molar-refractivity contribution in [3.05, 3.63) is 60.0 Å². The Morgan fingerprint density at radius 2 is 1.61 bits per heavy atom. The molecule has 0 saturated carbocycles. The van der Waals surface area contributed by atoms with Crippen LogP contribution < -0.4 is 4.90 Å². The molecule has 1 aliphatic rings. The van der Waals surface area contributed by atoms with E-state index in [4.69, 9.17) is 4.74 Å². The molecule has 0 spiro atoms. The highest BCUT2D eigenvalue weighted by molar-refractivity contribution is 7.91. The Bertz CT molecular complexity index is 1140. The van der Waals surface area contributed by atoms with Crippen LogP contribution in [-0.4, -0.2) is 39.7 Å². The Labute approximate surface area is 159 Å². The highest BCUT2D eigenvalue weighted by atomic mass is 32.2. The molecule has 1 fully saturated rings. The number of nitrogens with zero attached hydrogens (tertiary/aromatic N) is 2. The van der Waals surface area contributed by atoms with Crippen molar-refractivity contribution >= 4 is 26.4 Å². The fraction of sp³-hybridized carbons (Fsp3) is 0.211. The summed E-state index contributed by atoms with van der Waals surface area (Å²) >= 11 is 0. The molecular weight excluding hydrogens is 393 g/mol. The molecule has 0 amide bonds. The van der Waals surface area contributed by atoms with Crippen LogP contribution in [0.3, 0.4) is 0 Å². The lowest BCUT2D eigenvalue weighted by molar-refractivity contribution is 0.122. The number of sulfone groups is 1. The fourth-order valence-electron chi connectivity index (χ4n) is 3.25. The first kappa shape index (κ1) is 18.7. The lowest BCUT2D eigenvalue weighted by atomic mass is 10.1. The van der Waals surface area contributed by atoms with Gasteiger partial charge in [-0.05, 0) is 30.3 Å². The number of ether oxygens (including phenoxy) is 1. The van der Waals surface area contributed by atoms with Crippen molar-refractivity contribution in [2.24, 2.45) is 0 Å². The maximum absolute atomic E-state index is 13.9. The van der Waals surface area contributed by atoms with Gasteiger partial charge in [-0.1, -0.05) is 0 Å². The predicted octanol–water partition coefficient (Wildman–Crippen LogP) is 3.32. The molecule has 1 saturated heterocycles. The number of hydrogen-bond donors (Lipinski definition) is 0. The van der Waals surface area contributed by atoms with Gasteiger partial charge in [0.1, 0.15) is 22.3 Å². The summed E-state index contributed by atoms with van der Waals surface area (Å²) in [6.07, 6.45) is 1.14. The Balaban J connectivity index is 2.00. The minimum Gasteiger partial charge on any atom is -0.378 e. The summed E-state index contributed by atoms with van der Waals surface area (Å²) in [4.78, 5) is 5.11. The average Bonchev–Trinajstić information content (AvgIpc) is 2.67. The van der Waals surface area contributed by atoms with E-state index in [1.807, 2.05) is 0 Å². The zero-order chi connectivity index (χ0) is 19.9. The third-order valence-electron chi connectivity index (χ3n) is 4.53. The summed E-state index contributed by atoms with van der Waals surface area (Å²) in [7, 11) is -4.32. The van der Waals surface area contributed by atoms with Gasteiger partial charge in [0, 0.05) is 30.7 Å². The Kier molecular flexibility index (Phi) is 4.72. The van der Waals surface area contributed by atoms with Gasteiger partial charge in [0.15, 0.2) is 0 Å². The number of halogens is 3. The molecule has 0 bridgehead atoms. The van der Waals surface area contributed by atoms with E-state index < -0.39 is 32.2 Å². The van der Waals surface area contributed by atoms with Crippen molar-refractivity contribution < 1.29 is 26.3 Å². The molecule has 0 atom stereocenters. The van der Waals surface area contributed by atoms with Gasteiger partial charge in [-0.3, -0.25) is 4.98 Å². The van der Waals surface area contributed by atoms with E-state index in [1.54, 1.807) is 4.90 Å². The average molecular weight is 408 g/mol. The molecule has 0 unspecified atom stereocenters. The first-order valence-electron chi connectivity index (χ1n) is 8.48. The second-order valence-corrected chi connectivity index (χ2v) is 8.26. The van der Waals surface area contributed by atoms with Crippen LogP contribution in [0.15, 0.2) is 52.4 Å². The topological polar surface area (TPSA) is 59.5 Å². The largest absolute Gasteiger partial charge is 0.378 e. The van der Waals surface area contributed by atoms with E-state index in [1.165, 1.54) is 18.2 Å². The van der Waals surface area contributed by atoms with E-state index in [0.29, 0.717) is 43.3 Å². The van der Waals surface area contributed by atoms with Crippen LogP contribution in [0.2, 0.25) is 0 Å². The van der Waals surface area contributed by atoms with Crippen LogP contribution >= 0.6 is 0 Å². The molecule has 4 rings (SSSR count). The zero-order valence-corrected chi connectivity index (χ0v) is 15.3. The summed E-state index contributed by atoms with van der Waals surface area (Å²) in [6.45, 7) is 1.51. The molecule has 146 valence electrons. The van der Waals surface area contributed by atoms with Crippen LogP contribution in [0, 0.1) is 17.5 Å². The standard InChI is InChI=1S/C19H15F3N2O3S/c20-12-1-2-17-16(10-12)19(24-3-5-27-6-4-24)18(11-23-17)28(25,26)15-8-13(21)7-14(22)9-15/h1-2,7-11H,3-6H2. The lowest BCUT2D eigenvalue weighted by Gasteiger charge is -2.31. The van der Waals surface area contributed by atoms with Gasteiger partial charge < -0.3 is 9.64 Å². The Hall–Kier alpha value is -2.65. The summed E-state index contributed by atoms with van der Waals surface area (Å²) in [5, 5.41) is 0.305. The molecule has 2 aromatic carbocycles. The molecule has 9 heteroatoms. The number of pyridine rings is 1. The first-order chi connectivity index (χ1) is 13.4. The van der Waals surface area contributed by atoms with E-state index in [-0.39, 0.29) is 10.6 Å². The molecule has 28 heavy (non-hydrogen) atoms. The van der Waals surface area contributed by atoms with Gasteiger partial charge in [0.2, 0.25) is 9.84 Å². The number of anilines is 1. The minimum absolute atomic E-state index is 0.238. The van der Waals surface area contributed by atoms with Crippen molar-refractivity contribution in [1.29, 1.82) is 0 Å². The van der Waals surface area contributed by atoms with Crippen LogP contribution in [0.4, 0.5) is 18.9 Å². The van der Waals surface area contributed by atoms with E-state index in [0.717, 1.165) is 18.3 Å². The molecule has 0 N–H and O–H groups in total. The van der Waals surface area contributed by atoms with Gasteiger partial charge in [0.25, 0.3) is 0 Å². The molecular formula is C19H15F3N2O3S. The van der Waals surface area contributed by atoms with Crippen molar-refractivity contribution in [2.45, 2.75) is 9.79 Å². The van der Waals surface area contributed by atoms with Gasteiger partial charge in [0.05, 0.1) is 29.3 Å². The molecule has 0 aliphatic carbocycles. The number of fused-ring (bicyclic) bond motifs is 1. The normalized spacial score (nSPS) is 15.2. The number of rotatable bonds is 3. The predicted molar refractivity (Wildman–Crippen MR) is 96.5 cm³/mol. The van der Waals surface area contributed by atoms with Crippen molar-refractivity contribution in [3.63, 3.8) is 0 Å². The molecule has 5 nitrogen and oxygen atoms in total. The summed E-state index contributed by atoms with van der Waals surface area (Å²) in [6, 6.07) is 5.98. The quantitative estimate of drug-likeness (QED) is 0.666. The second-order valence-electron chi connectivity index (χ2n) is 6.34. The van der Waals surface area contributed by atoms with E-state index in [2.05, 4.69) is 4.98 Å². The van der Waals surface area contributed by atoms with Crippen LogP contribution in [0.5, 0.6) is 0 Å². The van der Waals surface area contributed by atoms with Crippen LogP contribution in [0.1, 0.15) is 0 Å². The third kappa shape index (κ3) is 3.31. The van der Waals surface area contributed by atoms with Gasteiger partial charge in [-0.25, -0.2) is 21.6 Å². The van der Waals surface area contributed by atoms with Gasteiger partial charge in [-0.2, -0.15) is 0 Å². The third-order valence-corrected chi connectivity index (χ3v) is 6.27. The molecule has 1 aromatic heterocycles. The summed E-state index contributed by atoms with van der Waals surface area (Å²) in [5.74, 6) is -2.56.